The SMILES string of the molecule is Cc1[nH]c(-c2n[nH]cc2NC(=O)c2c(F)cccc2Cl)nc1C(F)(F)F. The molecule has 0 unspecified atom stereocenters. The van der Waals surface area contributed by atoms with Crippen LogP contribution in [0.15, 0.2) is 24.4 Å². The van der Waals surface area contributed by atoms with Gasteiger partial charge in [-0.25, -0.2) is 9.37 Å². The fourth-order valence-electron chi connectivity index (χ4n) is 2.31. The second-order valence-corrected chi connectivity index (χ2v) is 5.66. The van der Waals surface area contributed by atoms with Gasteiger partial charge in [0.1, 0.15) is 5.82 Å². The number of halogens is 5. The molecule has 1 aromatic carbocycles. The Morgan fingerprint density at radius 2 is 2.04 bits per heavy atom. The summed E-state index contributed by atoms with van der Waals surface area (Å²) < 4.78 is 52.5. The number of imidazole rings is 1. The van der Waals surface area contributed by atoms with Crippen molar-refractivity contribution in [2.24, 2.45) is 0 Å². The molecule has 6 nitrogen and oxygen atoms in total. The highest BCUT2D eigenvalue weighted by atomic mass is 35.5. The van der Waals surface area contributed by atoms with Gasteiger partial charge in [0.2, 0.25) is 0 Å². The molecule has 0 spiro atoms. The number of anilines is 1. The number of nitrogens with zero attached hydrogens (tertiary/aromatic N) is 2. The monoisotopic (exact) mass is 387 g/mol. The van der Waals surface area contributed by atoms with Gasteiger partial charge in [-0.3, -0.25) is 9.89 Å². The number of amides is 1. The molecule has 136 valence electrons. The molecule has 0 aliphatic carbocycles. The van der Waals surface area contributed by atoms with E-state index >= 15 is 0 Å². The van der Waals surface area contributed by atoms with Crippen LogP contribution >= 0.6 is 11.6 Å². The number of benzene rings is 1. The largest absolute Gasteiger partial charge is 0.435 e. The predicted molar refractivity (Wildman–Crippen MR) is 85.3 cm³/mol. The summed E-state index contributed by atoms with van der Waals surface area (Å²) in [6.45, 7) is 1.21. The van der Waals surface area contributed by atoms with Gasteiger partial charge in [-0.05, 0) is 19.1 Å². The number of H-pyrrole nitrogens is 2. The lowest BCUT2D eigenvalue weighted by Crippen LogP contribution is -2.14. The van der Waals surface area contributed by atoms with Crippen molar-refractivity contribution in [1.82, 2.24) is 20.2 Å². The molecule has 0 bridgehead atoms. The van der Waals surface area contributed by atoms with Crippen molar-refractivity contribution >= 4 is 23.2 Å². The number of carbonyl (C=O) groups is 1. The zero-order valence-electron chi connectivity index (χ0n) is 13.0. The number of alkyl halides is 3. The van der Waals surface area contributed by atoms with Crippen LogP contribution in [0.25, 0.3) is 11.5 Å². The highest BCUT2D eigenvalue weighted by Crippen LogP contribution is 2.33. The Morgan fingerprint density at radius 1 is 1.31 bits per heavy atom. The van der Waals surface area contributed by atoms with Crippen LogP contribution in [0.3, 0.4) is 0 Å². The van der Waals surface area contributed by atoms with Gasteiger partial charge in [0.05, 0.1) is 16.3 Å². The maximum Gasteiger partial charge on any atom is 0.435 e. The highest BCUT2D eigenvalue weighted by molar-refractivity contribution is 6.34. The molecule has 2 heterocycles. The Morgan fingerprint density at radius 3 is 2.65 bits per heavy atom. The van der Waals surface area contributed by atoms with Gasteiger partial charge < -0.3 is 10.3 Å². The number of rotatable bonds is 3. The van der Waals surface area contributed by atoms with E-state index in [1.54, 1.807) is 0 Å². The van der Waals surface area contributed by atoms with Crippen molar-refractivity contribution in [3.05, 3.63) is 52.2 Å². The van der Waals surface area contributed by atoms with Crippen molar-refractivity contribution in [2.75, 3.05) is 5.32 Å². The predicted octanol–water partition coefficient (Wildman–Crippen LogP) is 4.17. The lowest BCUT2D eigenvalue weighted by molar-refractivity contribution is -0.141. The van der Waals surface area contributed by atoms with Crippen LogP contribution in [0, 0.1) is 12.7 Å². The number of hydrogen-bond donors (Lipinski definition) is 3. The number of carbonyl (C=O) groups excluding carboxylic acids is 1. The van der Waals surface area contributed by atoms with Crippen LogP contribution in [0.5, 0.6) is 0 Å². The molecule has 0 atom stereocenters. The molecule has 0 saturated heterocycles. The van der Waals surface area contributed by atoms with Gasteiger partial charge in [-0.2, -0.15) is 18.3 Å². The number of aryl methyl sites for hydroxylation is 1. The second-order valence-electron chi connectivity index (χ2n) is 5.26. The van der Waals surface area contributed by atoms with Gasteiger partial charge >= 0.3 is 6.18 Å². The Hall–Kier alpha value is -2.88. The molecule has 1 amide bonds. The molecule has 0 fully saturated rings. The summed E-state index contributed by atoms with van der Waals surface area (Å²) in [4.78, 5) is 18.2. The maximum absolute atomic E-state index is 13.8. The Bertz CT molecular complexity index is 959. The lowest BCUT2D eigenvalue weighted by Gasteiger charge is -2.07. The van der Waals surface area contributed by atoms with E-state index in [2.05, 4.69) is 25.5 Å². The average Bonchev–Trinajstić information content (AvgIpc) is 3.12. The Balaban J connectivity index is 1.94. The average molecular weight is 388 g/mol. The maximum atomic E-state index is 13.8. The summed E-state index contributed by atoms with van der Waals surface area (Å²) in [6.07, 6.45) is -3.41. The van der Waals surface area contributed by atoms with Gasteiger partial charge in [0.15, 0.2) is 17.2 Å². The van der Waals surface area contributed by atoms with Crippen LogP contribution in [0.1, 0.15) is 21.7 Å². The minimum atomic E-state index is -4.64. The van der Waals surface area contributed by atoms with E-state index < -0.39 is 29.2 Å². The summed E-state index contributed by atoms with van der Waals surface area (Å²) in [5, 5.41) is 8.45. The summed E-state index contributed by atoms with van der Waals surface area (Å²) in [5.41, 5.74) is -1.75. The smallest absolute Gasteiger partial charge is 0.340 e. The van der Waals surface area contributed by atoms with Crippen molar-refractivity contribution in [2.45, 2.75) is 13.1 Å². The first-order valence-corrected chi connectivity index (χ1v) is 7.49. The van der Waals surface area contributed by atoms with E-state index in [0.717, 1.165) is 6.07 Å². The highest BCUT2D eigenvalue weighted by Gasteiger charge is 2.36. The quantitative estimate of drug-likeness (QED) is 0.589. The van der Waals surface area contributed by atoms with Crippen molar-refractivity contribution in [1.29, 1.82) is 0 Å². The fraction of sp³-hybridized carbons (Fsp3) is 0.133. The van der Waals surface area contributed by atoms with E-state index in [9.17, 15) is 22.4 Å². The molecular weight excluding hydrogens is 378 g/mol. The molecule has 0 aliphatic heterocycles. The first-order chi connectivity index (χ1) is 12.2. The zero-order chi connectivity index (χ0) is 19.1. The number of aromatic nitrogens is 4. The number of aromatic amines is 2. The molecule has 11 heteroatoms. The van der Waals surface area contributed by atoms with Crippen LogP contribution in [0.2, 0.25) is 5.02 Å². The van der Waals surface area contributed by atoms with E-state index in [1.165, 1.54) is 25.3 Å². The van der Waals surface area contributed by atoms with E-state index in [1.807, 2.05) is 0 Å². The molecule has 0 aliphatic rings. The van der Waals surface area contributed by atoms with Gasteiger partial charge in [-0.15, -0.1) is 0 Å². The Kier molecular flexibility index (Phi) is 4.45. The summed E-state index contributed by atoms with van der Waals surface area (Å²) in [5.74, 6) is -1.92. The van der Waals surface area contributed by atoms with Crippen molar-refractivity contribution in [3.8, 4) is 11.5 Å². The number of nitrogens with one attached hydrogen (secondary N) is 3. The van der Waals surface area contributed by atoms with Crippen molar-refractivity contribution < 1.29 is 22.4 Å². The molecule has 3 rings (SSSR count). The van der Waals surface area contributed by atoms with E-state index in [0.29, 0.717) is 0 Å². The number of hydrogen-bond acceptors (Lipinski definition) is 3. The molecular formula is C15H10ClF4N5O. The summed E-state index contributed by atoms with van der Waals surface area (Å²) >= 11 is 5.83. The van der Waals surface area contributed by atoms with Crippen LogP contribution in [-0.4, -0.2) is 26.1 Å². The Labute approximate surface area is 148 Å². The third-order valence-corrected chi connectivity index (χ3v) is 3.77. The molecule has 0 radical (unpaired) electrons. The summed E-state index contributed by atoms with van der Waals surface area (Å²) in [6, 6.07) is 3.73. The van der Waals surface area contributed by atoms with E-state index in [-0.39, 0.29) is 27.9 Å². The van der Waals surface area contributed by atoms with Gasteiger partial charge in [0, 0.05) is 11.9 Å². The molecule has 26 heavy (non-hydrogen) atoms. The third-order valence-electron chi connectivity index (χ3n) is 3.46. The topological polar surface area (TPSA) is 86.5 Å². The fourth-order valence-corrected chi connectivity index (χ4v) is 2.56. The lowest BCUT2D eigenvalue weighted by atomic mass is 10.2. The molecule has 2 aromatic heterocycles. The van der Waals surface area contributed by atoms with Gasteiger partial charge in [0.25, 0.3) is 5.91 Å². The van der Waals surface area contributed by atoms with E-state index in [4.69, 9.17) is 11.6 Å². The zero-order valence-corrected chi connectivity index (χ0v) is 13.8. The molecule has 3 N–H and O–H groups in total. The normalized spacial score (nSPS) is 11.6. The third kappa shape index (κ3) is 3.27. The summed E-state index contributed by atoms with van der Waals surface area (Å²) in [7, 11) is 0. The first kappa shape index (κ1) is 17.9. The first-order valence-electron chi connectivity index (χ1n) is 7.11. The molecule has 0 saturated carbocycles. The van der Waals surface area contributed by atoms with Crippen LogP contribution in [-0.2, 0) is 6.18 Å². The standard InChI is InChI=1S/C15H10ClF4N5O/c1-6-12(15(18,19)20)24-13(22-6)11-9(5-21-25-11)23-14(26)10-7(16)3-2-4-8(10)17/h2-5H,1H3,(H,21,25)(H,22,24)(H,23,26). The second kappa shape index (κ2) is 6.45. The minimum Gasteiger partial charge on any atom is -0.340 e. The minimum absolute atomic E-state index is 0.0109. The van der Waals surface area contributed by atoms with Crippen LogP contribution < -0.4 is 5.32 Å². The molecule has 3 aromatic rings. The van der Waals surface area contributed by atoms with Crippen molar-refractivity contribution in [3.63, 3.8) is 0 Å². The van der Waals surface area contributed by atoms with Crippen LogP contribution in [0.4, 0.5) is 23.2 Å². The van der Waals surface area contributed by atoms with Gasteiger partial charge in [-0.1, -0.05) is 17.7 Å².